The molecule has 0 aromatic rings. The van der Waals surface area contributed by atoms with Crippen LogP contribution in [0.3, 0.4) is 0 Å². The van der Waals surface area contributed by atoms with Crippen LogP contribution in [0, 0.1) is 12.2 Å². The first-order chi connectivity index (χ1) is 3.41. The molecule has 0 amide bonds. The van der Waals surface area contributed by atoms with E-state index in [4.69, 9.17) is 0 Å². The predicted octanol–water partition coefficient (Wildman–Crippen LogP) is -3.86. The smallest absolute Gasteiger partial charge is 0.504 e. The Bertz CT molecular complexity index is 51.9. The first-order valence-corrected chi connectivity index (χ1v) is 2.41. The van der Waals surface area contributed by atoms with Gasteiger partial charge in [0.1, 0.15) is 0 Å². The van der Waals surface area contributed by atoms with Crippen LogP contribution >= 0.6 is 0 Å². The first kappa shape index (κ1) is 16.3. The molecular formula is C7H10Li2. The van der Waals surface area contributed by atoms with Crippen LogP contribution in [0.5, 0.6) is 0 Å². The second-order valence-corrected chi connectivity index (χ2v) is 1.35. The Labute approximate surface area is 82.1 Å². The average Bonchev–Trinajstić information content (AvgIpc) is 1.69. The standard InChI is InChI=1S/C7H10.2Li/c1-3-5-7-6-4-2;;/h1-2,5-7H2;;/q-2;2*+1. The fourth-order valence-corrected chi connectivity index (χ4v) is 0.338. The van der Waals surface area contributed by atoms with Crippen molar-refractivity contribution in [3.63, 3.8) is 0 Å². The monoisotopic (exact) mass is 108 g/mol. The topological polar surface area (TPSA) is 0 Å². The molecule has 0 atom stereocenters. The Kier molecular flexibility index (Phi) is 28.8. The van der Waals surface area contributed by atoms with Crippen molar-refractivity contribution in [3.05, 3.63) is 25.3 Å². The molecule has 0 aromatic heterocycles. The molecule has 0 spiro atoms. The van der Waals surface area contributed by atoms with Crippen LogP contribution in [0.25, 0.3) is 0 Å². The van der Waals surface area contributed by atoms with Crippen molar-refractivity contribution in [3.8, 4) is 0 Å². The molecule has 40 valence electrons. The molecule has 0 saturated heterocycles. The molecule has 0 aliphatic rings. The quantitative estimate of drug-likeness (QED) is 0.196. The summed E-state index contributed by atoms with van der Waals surface area (Å²) in [4.78, 5) is 0. The average molecular weight is 108 g/mol. The summed E-state index contributed by atoms with van der Waals surface area (Å²) in [5, 5.41) is 0. The van der Waals surface area contributed by atoms with Gasteiger partial charge in [0.15, 0.2) is 0 Å². The molecule has 0 N–H and O–H groups in total. The zero-order valence-electron chi connectivity index (χ0n) is 6.54. The van der Waals surface area contributed by atoms with E-state index in [1.165, 1.54) is 0 Å². The summed E-state index contributed by atoms with van der Waals surface area (Å²) in [6.07, 6.45) is 8.58. The maximum Gasteiger partial charge on any atom is 1.00 e. The molecule has 0 heterocycles. The van der Waals surface area contributed by atoms with Gasteiger partial charge in [0.2, 0.25) is 0 Å². The molecule has 9 heavy (non-hydrogen) atoms. The molecule has 2 heteroatoms. The second-order valence-electron chi connectivity index (χ2n) is 1.35. The van der Waals surface area contributed by atoms with E-state index >= 15 is 0 Å². The van der Waals surface area contributed by atoms with Gasteiger partial charge >= 0.3 is 37.7 Å². The van der Waals surface area contributed by atoms with Crippen molar-refractivity contribution in [2.45, 2.75) is 19.3 Å². The van der Waals surface area contributed by atoms with E-state index in [1.54, 1.807) is 0 Å². The van der Waals surface area contributed by atoms with Gasteiger partial charge in [-0.25, -0.2) is 0 Å². The molecule has 0 aliphatic heterocycles. The zero-order chi connectivity index (χ0) is 5.54. The molecule has 0 saturated carbocycles. The molecule has 0 bridgehead atoms. The van der Waals surface area contributed by atoms with Crippen LogP contribution in [-0.2, 0) is 0 Å². The third-order valence-corrected chi connectivity index (χ3v) is 0.707. The number of unbranched alkanes of at least 4 members (excludes halogenated alkanes) is 2. The first-order valence-electron chi connectivity index (χ1n) is 2.41. The molecule has 0 unspecified atom stereocenters. The van der Waals surface area contributed by atoms with Crippen molar-refractivity contribution in [2.75, 3.05) is 0 Å². The summed E-state index contributed by atoms with van der Waals surface area (Å²) in [5.74, 6) is 0. The van der Waals surface area contributed by atoms with Gasteiger partial charge in [0.25, 0.3) is 0 Å². The van der Waals surface area contributed by atoms with Gasteiger partial charge in [-0.2, -0.15) is 12.8 Å². The van der Waals surface area contributed by atoms with Crippen molar-refractivity contribution >= 4 is 0 Å². The number of allylic oxidation sites excluding steroid dienone is 2. The summed E-state index contributed by atoms with van der Waals surface area (Å²) >= 11 is 0. The van der Waals surface area contributed by atoms with Gasteiger partial charge < -0.3 is 12.2 Å². The maximum atomic E-state index is 3.46. The van der Waals surface area contributed by atoms with Crippen LogP contribution in [0.1, 0.15) is 19.3 Å². The summed E-state index contributed by atoms with van der Waals surface area (Å²) in [7, 11) is 0. The van der Waals surface area contributed by atoms with Crippen molar-refractivity contribution in [1.82, 2.24) is 0 Å². The van der Waals surface area contributed by atoms with Crippen molar-refractivity contribution < 1.29 is 37.7 Å². The van der Waals surface area contributed by atoms with E-state index < -0.39 is 0 Å². The van der Waals surface area contributed by atoms with Gasteiger partial charge in [-0.05, 0) is 0 Å². The SMILES string of the molecule is C=[C-]CCC[C-]=C.[Li+].[Li+]. The number of hydrogen-bond acceptors (Lipinski definition) is 0. The van der Waals surface area contributed by atoms with E-state index in [-0.39, 0.29) is 37.7 Å². The Morgan fingerprint density at radius 2 is 1.22 bits per heavy atom. The van der Waals surface area contributed by atoms with Crippen molar-refractivity contribution in [2.24, 2.45) is 0 Å². The minimum atomic E-state index is 0. The summed E-state index contributed by atoms with van der Waals surface area (Å²) < 4.78 is 0. The fraction of sp³-hybridized carbons (Fsp3) is 0.429. The largest absolute Gasteiger partial charge is 1.00 e. The molecule has 0 aliphatic carbocycles. The number of rotatable bonds is 4. The molecule has 0 radical (unpaired) electrons. The predicted molar refractivity (Wildman–Crippen MR) is 31.6 cm³/mol. The molecule has 0 nitrogen and oxygen atoms in total. The zero-order valence-corrected chi connectivity index (χ0v) is 6.54. The van der Waals surface area contributed by atoms with E-state index in [0.717, 1.165) is 19.3 Å². The minimum Gasteiger partial charge on any atom is -0.504 e. The van der Waals surface area contributed by atoms with E-state index in [1.807, 2.05) is 0 Å². The van der Waals surface area contributed by atoms with Gasteiger partial charge in [-0.15, -0.1) is 6.42 Å². The summed E-state index contributed by atoms with van der Waals surface area (Å²) in [6, 6.07) is 0. The Balaban J connectivity index is -0.000000180. The minimum absolute atomic E-state index is 0. The molecular weight excluding hydrogens is 98.0 g/mol. The van der Waals surface area contributed by atoms with E-state index in [2.05, 4.69) is 25.3 Å². The van der Waals surface area contributed by atoms with Gasteiger partial charge in [-0.1, -0.05) is 0 Å². The van der Waals surface area contributed by atoms with E-state index in [9.17, 15) is 0 Å². The van der Waals surface area contributed by atoms with Crippen LogP contribution in [-0.4, -0.2) is 0 Å². The van der Waals surface area contributed by atoms with Crippen LogP contribution in [0.4, 0.5) is 0 Å². The number of hydrogen-bond donors (Lipinski definition) is 0. The summed E-state index contributed by atoms with van der Waals surface area (Å²) in [5.41, 5.74) is 0. The Hall–Kier alpha value is 0.675. The van der Waals surface area contributed by atoms with Crippen molar-refractivity contribution in [1.29, 1.82) is 0 Å². The van der Waals surface area contributed by atoms with Crippen LogP contribution < -0.4 is 37.7 Å². The third kappa shape index (κ3) is 17.7. The van der Waals surface area contributed by atoms with Gasteiger partial charge in [0, 0.05) is 0 Å². The Morgan fingerprint density at radius 3 is 1.44 bits per heavy atom. The second kappa shape index (κ2) is 15.9. The molecule has 0 aromatic carbocycles. The third-order valence-electron chi connectivity index (χ3n) is 0.707. The molecule has 0 rings (SSSR count). The van der Waals surface area contributed by atoms with Crippen LogP contribution in [0.15, 0.2) is 13.2 Å². The Morgan fingerprint density at radius 1 is 0.889 bits per heavy atom. The summed E-state index contributed by atoms with van der Waals surface area (Å²) in [6.45, 7) is 6.92. The fourth-order valence-electron chi connectivity index (χ4n) is 0.338. The maximum absolute atomic E-state index is 3.46. The van der Waals surface area contributed by atoms with Gasteiger partial charge in [-0.3, -0.25) is 13.2 Å². The molecule has 0 fully saturated rings. The van der Waals surface area contributed by atoms with E-state index in [0.29, 0.717) is 0 Å². The normalized spacial score (nSPS) is 6.22. The van der Waals surface area contributed by atoms with Crippen LogP contribution in [0.2, 0.25) is 0 Å². The van der Waals surface area contributed by atoms with Gasteiger partial charge in [0.05, 0.1) is 0 Å².